The number of para-hydroxylation sites is 1. The van der Waals surface area contributed by atoms with Crippen molar-refractivity contribution in [3.63, 3.8) is 0 Å². The Morgan fingerprint density at radius 3 is 2.70 bits per heavy atom. The van der Waals surface area contributed by atoms with Gasteiger partial charge in [0.1, 0.15) is 0 Å². The second kappa shape index (κ2) is 5.66. The highest BCUT2D eigenvalue weighted by Gasteiger charge is 2.15. The van der Waals surface area contributed by atoms with Crippen molar-refractivity contribution in [3.05, 3.63) is 66.7 Å². The van der Waals surface area contributed by atoms with Gasteiger partial charge in [-0.25, -0.2) is 4.98 Å². The van der Waals surface area contributed by atoms with Crippen LogP contribution in [0.4, 0.5) is 5.69 Å². The number of hydrogen-bond acceptors (Lipinski definition) is 5. The van der Waals surface area contributed by atoms with Crippen LogP contribution in [0.1, 0.15) is 10.6 Å². The molecule has 4 aromatic rings. The van der Waals surface area contributed by atoms with E-state index >= 15 is 0 Å². The maximum absolute atomic E-state index is 12.2. The van der Waals surface area contributed by atoms with E-state index in [0.29, 0.717) is 11.4 Å². The van der Waals surface area contributed by atoms with Crippen LogP contribution in [-0.4, -0.2) is 15.9 Å². The van der Waals surface area contributed by atoms with Crippen LogP contribution in [0.2, 0.25) is 0 Å². The summed E-state index contributed by atoms with van der Waals surface area (Å²) >= 11 is 1.53. The van der Waals surface area contributed by atoms with Gasteiger partial charge in [-0.1, -0.05) is 12.1 Å². The molecule has 1 aromatic carbocycles. The summed E-state index contributed by atoms with van der Waals surface area (Å²) in [5, 5.41) is 3.52. The zero-order valence-electron chi connectivity index (χ0n) is 11.9. The van der Waals surface area contributed by atoms with Crippen molar-refractivity contribution < 1.29 is 9.21 Å². The van der Waals surface area contributed by atoms with Gasteiger partial charge >= 0.3 is 0 Å². The predicted octanol–water partition coefficient (Wildman–Crippen LogP) is 4.20. The van der Waals surface area contributed by atoms with Gasteiger partial charge in [-0.05, 0) is 36.4 Å². The van der Waals surface area contributed by atoms with E-state index in [9.17, 15) is 4.79 Å². The third-order valence-corrected chi connectivity index (χ3v) is 4.32. The van der Waals surface area contributed by atoms with Crippen molar-refractivity contribution in [2.24, 2.45) is 0 Å². The average Bonchev–Trinajstić information content (AvgIpc) is 3.22. The van der Waals surface area contributed by atoms with E-state index in [1.807, 2.05) is 24.3 Å². The number of carbonyl (C=O) groups excluding carboxylic acids is 1. The molecule has 3 heterocycles. The number of anilines is 1. The number of rotatable bonds is 3. The second-order valence-corrected chi connectivity index (χ2v) is 5.87. The SMILES string of the molecule is O=C(Nc1ccncc1)c1ccc(-c2nc3ccccc3s2)o1. The van der Waals surface area contributed by atoms with E-state index < -0.39 is 0 Å². The Kier molecular flexibility index (Phi) is 3.36. The Balaban J connectivity index is 1.60. The van der Waals surface area contributed by atoms with Crippen molar-refractivity contribution in [2.75, 3.05) is 5.32 Å². The van der Waals surface area contributed by atoms with Crippen LogP contribution in [0.25, 0.3) is 21.0 Å². The molecule has 0 aliphatic carbocycles. The Morgan fingerprint density at radius 1 is 1.04 bits per heavy atom. The van der Waals surface area contributed by atoms with Gasteiger partial charge in [0.25, 0.3) is 5.91 Å². The molecular weight excluding hydrogens is 310 g/mol. The first-order valence-corrected chi connectivity index (χ1v) is 7.78. The van der Waals surface area contributed by atoms with Gasteiger partial charge in [0.05, 0.1) is 10.2 Å². The van der Waals surface area contributed by atoms with Gasteiger partial charge in [-0.3, -0.25) is 9.78 Å². The highest BCUT2D eigenvalue weighted by atomic mass is 32.1. The summed E-state index contributed by atoms with van der Waals surface area (Å²) in [5.41, 5.74) is 1.59. The number of amides is 1. The van der Waals surface area contributed by atoms with Crippen molar-refractivity contribution in [1.29, 1.82) is 0 Å². The molecule has 3 aromatic heterocycles. The summed E-state index contributed by atoms with van der Waals surface area (Å²) in [4.78, 5) is 20.6. The lowest BCUT2D eigenvalue weighted by molar-refractivity contribution is 0.0997. The van der Waals surface area contributed by atoms with Gasteiger partial charge in [0.2, 0.25) is 0 Å². The fourth-order valence-electron chi connectivity index (χ4n) is 2.18. The lowest BCUT2D eigenvalue weighted by atomic mass is 10.3. The van der Waals surface area contributed by atoms with E-state index in [2.05, 4.69) is 15.3 Å². The number of hydrogen-bond donors (Lipinski definition) is 1. The molecular formula is C17H11N3O2S. The van der Waals surface area contributed by atoms with Crippen molar-refractivity contribution in [2.45, 2.75) is 0 Å². The summed E-state index contributed by atoms with van der Waals surface area (Å²) < 4.78 is 6.74. The van der Waals surface area contributed by atoms with Gasteiger partial charge in [0.15, 0.2) is 16.5 Å². The molecule has 23 heavy (non-hydrogen) atoms. The fraction of sp³-hybridized carbons (Fsp3) is 0. The Morgan fingerprint density at radius 2 is 1.87 bits per heavy atom. The molecule has 0 aliphatic rings. The number of thiazole rings is 1. The molecule has 0 radical (unpaired) electrons. The van der Waals surface area contributed by atoms with E-state index in [4.69, 9.17) is 4.42 Å². The second-order valence-electron chi connectivity index (χ2n) is 4.84. The minimum Gasteiger partial charge on any atom is -0.448 e. The molecule has 1 N–H and O–H groups in total. The summed E-state index contributed by atoms with van der Waals surface area (Å²) in [6.07, 6.45) is 3.23. The van der Waals surface area contributed by atoms with Gasteiger partial charge < -0.3 is 9.73 Å². The molecule has 5 nitrogen and oxygen atoms in total. The summed E-state index contributed by atoms with van der Waals surface area (Å²) in [7, 11) is 0. The Hall–Kier alpha value is -2.99. The number of aromatic nitrogens is 2. The summed E-state index contributed by atoms with van der Waals surface area (Å²) in [6, 6.07) is 14.7. The van der Waals surface area contributed by atoms with Crippen LogP contribution in [-0.2, 0) is 0 Å². The molecule has 0 spiro atoms. The molecule has 4 rings (SSSR count). The lowest BCUT2D eigenvalue weighted by Gasteiger charge is -2.01. The zero-order chi connectivity index (χ0) is 15.6. The fourth-order valence-corrected chi connectivity index (χ4v) is 3.11. The molecule has 0 unspecified atom stereocenters. The van der Waals surface area contributed by atoms with E-state index in [1.54, 1.807) is 36.7 Å². The van der Waals surface area contributed by atoms with E-state index in [1.165, 1.54) is 11.3 Å². The smallest absolute Gasteiger partial charge is 0.291 e. The van der Waals surface area contributed by atoms with Gasteiger partial charge in [-0.2, -0.15) is 0 Å². The van der Waals surface area contributed by atoms with Crippen molar-refractivity contribution >= 4 is 33.1 Å². The molecule has 0 fully saturated rings. The number of benzene rings is 1. The quantitative estimate of drug-likeness (QED) is 0.614. The first-order chi connectivity index (χ1) is 11.3. The minimum absolute atomic E-state index is 0.246. The van der Waals surface area contributed by atoms with Gasteiger partial charge in [0, 0.05) is 18.1 Å². The first-order valence-electron chi connectivity index (χ1n) is 6.97. The number of furan rings is 1. The van der Waals surface area contributed by atoms with Crippen molar-refractivity contribution in [1.82, 2.24) is 9.97 Å². The zero-order valence-corrected chi connectivity index (χ0v) is 12.7. The van der Waals surface area contributed by atoms with Crippen LogP contribution in [0.3, 0.4) is 0 Å². The third-order valence-electron chi connectivity index (χ3n) is 3.27. The summed E-state index contributed by atoms with van der Waals surface area (Å²) in [5.74, 6) is 0.533. The van der Waals surface area contributed by atoms with Crippen LogP contribution >= 0.6 is 11.3 Å². The number of fused-ring (bicyclic) bond motifs is 1. The van der Waals surface area contributed by atoms with E-state index in [-0.39, 0.29) is 11.7 Å². The molecule has 1 amide bonds. The predicted molar refractivity (Wildman–Crippen MR) is 89.5 cm³/mol. The molecule has 0 aliphatic heterocycles. The molecule has 0 saturated carbocycles. The topological polar surface area (TPSA) is 68.0 Å². The number of nitrogens with one attached hydrogen (secondary N) is 1. The summed E-state index contributed by atoms with van der Waals surface area (Å²) in [6.45, 7) is 0. The normalized spacial score (nSPS) is 10.8. The van der Waals surface area contributed by atoms with E-state index in [0.717, 1.165) is 15.2 Å². The largest absolute Gasteiger partial charge is 0.448 e. The first kappa shape index (κ1) is 13.7. The maximum Gasteiger partial charge on any atom is 0.291 e. The van der Waals surface area contributed by atoms with Crippen LogP contribution in [0.5, 0.6) is 0 Å². The molecule has 112 valence electrons. The highest BCUT2D eigenvalue weighted by Crippen LogP contribution is 2.31. The average molecular weight is 321 g/mol. The lowest BCUT2D eigenvalue weighted by Crippen LogP contribution is -2.10. The van der Waals surface area contributed by atoms with Crippen molar-refractivity contribution in [3.8, 4) is 10.8 Å². The Bertz CT molecular complexity index is 943. The molecule has 6 heteroatoms. The third kappa shape index (κ3) is 2.72. The standard InChI is InChI=1S/C17H11N3O2S/c21-16(19-11-7-9-18-10-8-11)13-5-6-14(22-13)17-20-12-3-1-2-4-15(12)23-17/h1-10H,(H,18,19,21). The number of pyridine rings is 1. The van der Waals surface area contributed by atoms with Crippen LogP contribution in [0, 0.1) is 0 Å². The molecule has 0 saturated heterocycles. The molecule has 0 bridgehead atoms. The molecule has 0 atom stereocenters. The monoisotopic (exact) mass is 321 g/mol. The Labute approximate surface area is 135 Å². The number of carbonyl (C=O) groups is 1. The van der Waals surface area contributed by atoms with Crippen LogP contribution in [0.15, 0.2) is 65.3 Å². The number of nitrogens with zero attached hydrogens (tertiary/aromatic N) is 2. The van der Waals surface area contributed by atoms with Gasteiger partial charge in [-0.15, -0.1) is 11.3 Å². The van der Waals surface area contributed by atoms with Crippen LogP contribution < -0.4 is 5.32 Å². The minimum atomic E-state index is -0.302. The maximum atomic E-state index is 12.2. The highest BCUT2D eigenvalue weighted by molar-refractivity contribution is 7.21.